The summed E-state index contributed by atoms with van der Waals surface area (Å²) in [5, 5.41) is 13.4. The zero-order chi connectivity index (χ0) is 18.2. The number of urea groups is 1. The van der Waals surface area contributed by atoms with Crippen molar-refractivity contribution in [2.45, 2.75) is 76.5 Å². The fourth-order valence-corrected chi connectivity index (χ4v) is 3.97. The summed E-state index contributed by atoms with van der Waals surface area (Å²) in [4.78, 5) is 14.8. The molecule has 26 heavy (non-hydrogen) atoms. The SMILES string of the molecule is O=C(NC1CCCCCCC1)N(Cc1ccccc1O)CC1CCCO1. The van der Waals surface area contributed by atoms with E-state index in [4.69, 9.17) is 4.74 Å². The van der Waals surface area contributed by atoms with Crippen molar-refractivity contribution in [2.24, 2.45) is 0 Å². The van der Waals surface area contributed by atoms with E-state index in [2.05, 4.69) is 5.32 Å². The summed E-state index contributed by atoms with van der Waals surface area (Å²) in [6, 6.07) is 7.48. The number of nitrogens with zero attached hydrogens (tertiary/aromatic N) is 1. The molecule has 1 unspecified atom stereocenters. The molecule has 144 valence electrons. The number of aromatic hydroxyl groups is 1. The fraction of sp³-hybridized carbons (Fsp3) is 0.667. The first-order valence-corrected chi connectivity index (χ1v) is 10.2. The summed E-state index contributed by atoms with van der Waals surface area (Å²) in [5.41, 5.74) is 0.776. The number of carbonyl (C=O) groups excluding carboxylic acids is 1. The summed E-state index contributed by atoms with van der Waals surface area (Å²) in [5.74, 6) is 0.239. The molecule has 2 aliphatic rings. The zero-order valence-electron chi connectivity index (χ0n) is 15.7. The lowest BCUT2D eigenvalue weighted by atomic mass is 9.97. The highest BCUT2D eigenvalue weighted by atomic mass is 16.5. The van der Waals surface area contributed by atoms with E-state index in [9.17, 15) is 9.90 Å². The predicted octanol–water partition coefficient (Wildman–Crippen LogP) is 4.20. The van der Waals surface area contributed by atoms with E-state index in [-0.39, 0.29) is 23.9 Å². The van der Waals surface area contributed by atoms with Crippen molar-refractivity contribution >= 4 is 6.03 Å². The van der Waals surface area contributed by atoms with Crippen LogP contribution in [0.5, 0.6) is 5.75 Å². The van der Waals surface area contributed by atoms with Gasteiger partial charge >= 0.3 is 6.03 Å². The molecular weight excluding hydrogens is 328 g/mol. The minimum absolute atomic E-state index is 0.0330. The average Bonchev–Trinajstić information content (AvgIpc) is 3.11. The van der Waals surface area contributed by atoms with Crippen molar-refractivity contribution in [2.75, 3.05) is 13.2 Å². The van der Waals surface area contributed by atoms with E-state index in [1.54, 1.807) is 12.1 Å². The van der Waals surface area contributed by atoms with Gasteiger partial charge in [-0.15, -0.1) is 0 Å². The molecule has 2 fully saturated rings. The third-order valence-corrected chi connectivity index (χ3v) is 5.52. The molecule has 1 heterocycles. The number of phenols is 1. The molecule has 1 aromatic rings. The Hall–Kier alpha value is -1.75. The van der Waals surface area contributed by atoms with Crippen LogP contribution in [0, 0.1) is 0 Å². The summed E-state index contributed by atoms with van der Waals surface area (Å²) >= 11 is 0. The van der Waals surface area contributed by atoms with Gasteiger partial charge in [0.15, 0.2) is 0 Å². The van der Waals surface area contributed by atoms with Gasteiger partial charge < -0.3 is 20.1 Å². The van der Waals surface area contributed by atoms with Crippen molar-refractivity contribution in [1.82, 2.24) is 10.2 Å². The molecule has 5 nitrogen and oxygen atoms in total. The number of ether oxygens (including phenoxy) is 1. The Morgan fingerprint density at radius 3 is 2.50 bits per heavy atom. The second-order valence-electron chi connectivity index (χ2n) is 7.64. The lowest BCUT2D eigenvalue weighted by Gasteiger charge is -2.29. The van der Waals surface area contributed by atoms with Crippen LogP contribution in [0.3, 0.4) is 0 Å². The minimum Gasteiger partial charge on any atom is -0.508 e. The molecule has 1 aliphatic heterocycles. The molecule has 1 aromatic carbocycles. The molecule has 5 heteroatoms. The van der Waals surface area contributed by atoms with Gasteiger partial charge in [0.05, 0.1) is 12.6 Å². The lowest BCUT2D eigenvalue weighted by molar-refractivity contribution is 0.0784. The number of hydrogen-bond acceptors (Lipinski definition) is 3. The maximum atomic E-state index is 13.0. The Morgan fingerprint density at radius 2 is 1.81 bits per heavy atom. The van der Waals surface area contributed by atoms with Crippen molar-refractivity contribution in [3.63, 3.8) is 0 Å². The Bertz CT molecular complexity index is 564. The highest BCUT2D eigenvalue weighted by molar-refractivity contribution is 5.74. The zero-order valence-corrected chi connectivity index (χ0v) is 15.7. The Labute approximate surface area is 156 Å². The van der Waals surface area contributed by atoms with Gasteiger partial charge in [-0.1, -0.05) is 50.3 Å². The smallest absolute Gasteiger partial charge is 0.318 e. The van der Waals surface area contributed by atoms with Crippen LogP contribution in [0.2, 0.25) is 0 Å². The normalized spacial score (nSPS) is 21.8. The van der Waals surface area contributed by atoms with Crippen molar-refractivity contribution < 1.29 is 14.6 Å². The monoisotopic (exact) mass is 360 g/mol. The molecule has 1 saturated heterocycles. The number of para-hydroxylation sites is 1. The molecule has 1 atom stereocenters. The second-order valence-corrected chi connectivity index (χ2v) is 7.64. The lowest BCUT2D eigenvalue weighted by Crippen LogP contribution is -2.47. The third kappa shape index (κ3) is 5.63. The van der Waals surface area contributed by atoms with Crippen LogP contribution < -0.4 is 5.32 Å². The summed E-state index contributed by atoms with van der Waals surface area (Å²) in [7, 11) is 0. The second kappa shape index (κ2) is 9.81. The molecule has 0 spiro atoms. The molecule has 3 rings (SSSR count). The Morgan fingerprint density at radius 1 is 1.08 bits per heavy atom. The Balaban J connectivity index is 1.64. The van der Waals surface area contributed by atoms with Crippen LogP contribution in [-0.2, 0) is 11.3 Å². The quantitative estimate of drug-likeness (QED) is 0.827. The van der Waals surface area contributed by atoms with Crippen molar-refractivity contribution in [3.8, 4) is 5.75 Å². The number of benzene rings is 1. The van der Waals surface area contributed by atoms with Gasteiger partial charge in [0.2, 0.25) is 0 Å². The fourth-order valence-electron chi connectivity index (χ4n) is 3.97. The molecule has 2 N–H and O–H groups in total. The maximum Gasteiger partial charge on any atom is 0.318 e. The molecule has 1 aliphatic carbocycles. The number of hydrogen-bond donors (Lipinski definition) is 2. The topological polar surface area (TPSA) is 61.8 Å². The molecule has 1 saturated carbocycles. The predicted molar refractivity (Wildman–Crippen MR) is 102 cm³/mol. The maximum absolute atomic E-state index is 13.0. The van der Waals surface area contributed by atoms with Crippen LogP contribution in [0.15, 0.2) is 24.3 Å². The van der Waals surface area contributed by atoms with Gasteiger partial charge in [-0.3, -0.25) is 0 Å². The van der Waals surface area contributed by atoms with E-state index in [1.807, 2.05) is 17.0 Å². The van der Waals surface area contributed by atoms with Gasteiger partial charge in [-0.05, 0) is 31.7 Å². The van der Waals surface area contributed by atoms with Crippen molar-refractivity contribution in [3.05, 3.63) is 29.8 Å². The first-order chi connectivity index (χ1) is 12.7. The van der Waals surface area contributed by atoms with Crippen LogP contribution in [0.25, 0.3) is 0 Å². The Kier molecular flexibility index (Phi) is 7.18. The largest absolute Gasteiger partial charge is 0.508 e. The minimum atomic E-state index is -0.0330. The summed E-state index contributed by atoms with van der Waals surface area (Å²) in [6.45, 7) is 1.76. The molecule has 0 aromatic heterocycles. The van der Waals surface area contributed by atoms with E-state index >= 15 is 0 Å². The van der Waals surface area contributed by atoms with Crippen molar-refractivity contribution in [1.29, 1.82) is 0 Å². The number of rotatable bonds is 5. The van der Waals surface area contributed by atoms with Crippen LogP contribution in [-0.4, -0.2) is 41.3 Å². The third-order valence-electron chi connectivity index (χ3n) is 5.52. The van der Waals surface area contributed by atoms with E-state index < -0.39 is 0 Å². The molecule has 0 bridgehead atoms. The number of nitrogens with one attached hydrogen (secondary N) is 1. The van der Waals surface area contributed by atoms with E-state index in [1.165, 1.54) is 32.1 Å². The average molecular weight is 360 g/mol. The van der Waals surface area contributed by atoms with Crippen LogP contribution >= 0.6 is 0 Å². The number of phenolic OH excluding ortho intramolecular Hbond substituents is 1. The number of carbonyl (C=O) groups is 1. The molecule has 2 amide bonds. The van der Waals surface area contributed by atoms with Crippen LogP contribution in [0.4, 0.5) is 4.79 Å². The highest BCUT2D eigenvalue weighted by Gasteiger charge is 2.25. The molecule has 0 radical (unpaired) electrons. The van der Waals surface area contributed by atoms with Gasteiger partial charge in [-0.2, -0.15) is 0 Å². The van der Waals surface area contributed by atoms with Gasteiger partial charge in [0.1, 0.15) is 5.75 Å². The summed E-state index contributed by atoms with van der Waals surface area (Å²) < 4.78 is 5.74. The standard InChI is InChI=1S/C21H32N2O3/c24-20-13-7-6-9-17(20)15-23(16-19-12-8-14-26-19)21(25)22-18-10-4-2-1-3-5-11-18/h6-7,9,13,18-19,24H,1-5,8,10-12,14-16H2,(H,22,25). The van der Waals surface area contributed by atoms with Gasteiger partial charge in [-0.25, -0.2) is 4.79 Å². The number of amides is 2. The van der Waals surface area contributed by atoms with E-state index in [0.717, 1.165) is 37.9 Å². The van der Waals surface area contributed by atoms with Gasteiger partial charge in [0.25, 0.3) is 0 Å². The first kappa shape index (κ1) is 19.0. The van der Waals surface area contributed by atoms with E-state index in [0.29, 0.717) is 13.1 Å². The molecular formula is C21H32N2O3. The summed E-state index contributed by atoms with van der Waals surface area (Å²) in [6.07, 6.45) is 10.5. The van der Waals surface area contributed by atoms with Crippen LogP contribution in [0.1, 0.15) is 63.4 Å². The highest BCUT2D eigenvalue weighted by Crippen LogP contribution is 2.21. The van der Waals surface area contributed by atoms with Gasteiger partial charge in [0, 0.05) is 24.8 Å². The first-order valence-electron chi connectivity index (χ1n) is 10.2.